The molecule has 2 fully saturated rings. The molecule has 3 heterocycles. The molecule has 2 unspecified atom stereocenters. The van der Waals surface area contributed by atoms with Gasteiger partial charge in [-0.2, -0.15) is 0 Å². The summed E-state index contributed by atoms with van der Waals surface area (Å²) in [7, 11) is -0.995. The molecule has 6 N–H and O–H groups in total. The second-order valence-corrected chi connectivity index (χ2v) is 8.27. The van der Waals surface area contributed by atoms with Gasteiger partial charge in [0.2, 0.25) is 5.91 Å². The van der Waals surface area contributed by atoms with Crippen LogP contribution in [0, 0.1) is 0 Å². The Morgan fingerprint density at radius 2 is 2.17 bits per heavy atom. The highest BCUT2D eigenvalue weighted by Gasteiger charge is 2.54. The average molecular weight is 414 g/mol. The number of rotatable bonds is 5. The summed E-state index contributed by atoms with van der Waals surface area (Å²) in [6, 6.07) is 2.65. The third kappa shape index (κ3) is 3.05. The smallest absolute Gasteiger partial charge is 0.526 e. The van der Waals surface area contributed by atoms with Gasteiger partial charge >= 0.3 is 13.1 Å². The number of aromatic carboxylic acids is 1. The Bertz CT molecular complexity index is 949. The summed E-state index contributed by atoms with van der Waals surface area (Å²) in [5.74, 6) is -0.884. The Balaban J connectivity index is 1.26. The standard InChI is InChI=1S/C19H23BN4O6/c1-8-22-5-13(23-8)16(21)18(25)24-6-9(7-24)29-14-3-2-10-11-4-12(11)20(28)30-17(10)15(14)19(26)27/h2-3,5,8-9,11-12,16,22-23,28H,4,6-7,21H2,1H3,(H,26,27)/t8?,11-,12-,16?/m1/s1. The second kappa shape index (κ2) is 6.81. The number of likely N-dealkylation sites (tertiary alicyclic amines) is 1. The number of amides is 1. The fraction of sp³-hybridized carbons (Fsp3) is 0.474. The minimum Gasteiger partial charge on any atom is -0.535 e. The SMILES string of the molecule is CC1NC=C(C(N)C(=O)N2CC(Oc3ccc4c(c3C(=O)O)OB(O)[C@@H]3C[C@H]43)C2)N1. The molecule has 10 nitrogen and oxygen atoms in total. The molecule has 1 aromatic carbocycles. The minimum atomic E-state index is -1.18. The molecule has 1 saturated carbocycles. The molecule has 1 aromatic rings. The van der Waals surface area contributed by atoms with Gasteiger partial charge in [-0.15, -0.1) is 0 Å². The number of carboxylic acid groups (broad SMARTS) is 1. The van der Waals surface area contributed by atoms with Crippen LogP contribution in [0.1, 0.15) is 35.2 Å². The molecule has 0 aromatic heterocycles. The van der Waals surface area contributed by atoms with Crippen molar-refractivity contribution < 1.29 is 29.1 Å². The summed E-state index contributed by atoms with van der Waals surface area (Å²) < 4.78 is 11.4. The summed E-state index contributed by atoms with van der Waals surface area (Å²) in [4.78, 5) is 26.0. The van der Waals surface area contributed by atoms with E-state index in [1.54, 1.807) is 23.2 Å². The van der Waals surface area contributed by atoms with E-state index in [0.29, 0.717) is 18.8 Å². The normalized spacial score (nSPS) is 27.4. The van der Waals surface area contributed by atoms with Gasteiger partial charge in [0.1, 0.15) is 29.2 Å². The van der Waals surface area contributed by atoms with E-state index in [-0.39, 0.29) is 47.0 Å². The van der Waals surface area contributed by atoms with Crippen molar-refractivity contribution in [2.45, 2.75) is 43.4 Å². The highest BCUT2D eigenvalue weighted by molar-refractivity contribution is 6.48. The average Bonchev–Trinajstić information content (AvgIpc) is 3.37. The zero-order chi connectivity index (χ0) is 21.2. The van der Waals surface area contributed by atoms with Crippen LogP contribution in [0.3, 0.4) is 0 Å². The van der Waals surface area contributed by atoms with Crippen molar-refractivity contribution in [3.63, 3.8) is 0 Å². The number of ether oxygens (including phenoxy) is 1. The maximum Gasteiger partial charge on any atom is 0.526 e. The predicted molar refractivity (Wildman–Crippen MR) is 106 cm³/mol. The number of nitrogens with zero attached hydrogens (tertiary/aromatic N) is 1. The molecule has 30 heavy (non-hydrogen) atoms. The van der Waals surface area contributed by atoms with E-state index in [9.17, 15) is 19.7 Å². The first-order chi connectivity index (χ1) is 14.3. The number of hydrogen-bond donors (Lipinski definition) is 5. The molecule has 5 rings (SSSR count). The van der Waals surface area contributed by atoms with E-state index < -0.39 is 19.1 Å². The second-order valence-electron chi connectivity index (χ2n) is 8.27. The van der Waals surface area contributed by atoms with Crippen molar-refractivity contribution in [2.75, 3.05) is 13.1 Å². The molecule has 1 saturated heterocycles. The lowest BCUT2D eigenvalue weighted by atomic mass is 9.77. The zero-order valence-electron chi connectivity index (χ0n) is 16.4. The number of carboxylic acids is 1. The Morgan fingerprint density at radius 1 is 1.40 bits per heavy atom. The van der Waals surface area contributed by atoms with Gasteiger partial charge in [-0.1, -0.05) is 6.07 Å². The lowest BCUT2D eigenvalue weighted by molar-refractivity contribution is -0.140. The fourth-order valence-electron chi connectivity index (χ4n) is 4.33. The van der Waals surface area contributed by atoms with Gasteiger partial charge in [-0.25, -0.2) is 4.79 Å². The van der Waals surface area contributed by atoms with Crippen molar-refractivity contribution in [2.24, 2.45) is 5.73 Å². The molecule has 1 aliphatic carbocycles. The molecule has 11 heteroatoms. The Hall–Kier alpha value is -2.92. The number of nitrogens with two attached hydrogens (primary N) is 1. The Kier molecular flexibility index (Phi) is 4.33. The van der Waals surface area contributed by atoms with Crippen LogP contribution in [0.25, 0.3) is 0 Å². The van der Waals surface area contributed by atoms with Crippen LogP contribution < -0.4 is 25.8 Å². The first kappa shape index (κ1) is 19.1. The van der Waals surface area contributed by atoms with Gasteiger partial charge in [0, 0.05) is 12.0 Å². The minimum absolute atomic E-state index is 0.0245. The summed E-state index contributed by atoms with van der Waals surface area (Å²) in [6.45, 7) is 2.54. The molecule has 0 spiro atoms. The quantitative estimate of drug-likeness (QED) is 0.399. The summed E-state index contributed by atoms with van der Waals surface area (Å²) in [5.41, 5.74) is 7.39. The van der Waals surface area contributed by atoms with E-state index in [1.165, 1.54) is 0 Å². The largest absolute Gasteiger partial charge is 0.535 e. The van der Waals surface area contributed by atoms with Crippen LogP contribution in [0.4, 0.5) is 0 Å². The van der Waals surface area contributed by atoms with E-state index >= 15 is 0 Å². The molecule has 0 radical (unpaired) electrons. The van der Waals surface area contributed by atoms with Crippen molar-refractivity contribution in [1.82, 2.24) is 15.5 Å². The van der Waals surface area contributed by atoms with E-state index in [1.807, 2.05) is 6.92 Å². The number of fused-ring (bicyclic) bond motifs is 3. The first-order valence-corrected chi connectivity index (χ1v) is 10.0. The molecule has 4 atom stereocenters. The van der Waals surface area contributed by atoms with Crippen LogP contribution in [0.2, 0.25) is 5.82 Å². The summed E-state index contributed by atoms with van der Waals surface area (Å²) in [6.07, 6.45) is 2.16. The summed E-state index contributed by atoms with van der Waals surface area (Å²) in [5, 5.41) is 25.9. The monoisotopic (exact) mass is 414 g/mol. The van der Waals surface area contributed by atoms with Gasteiger partial charge in [-0.05, 0) is 30.9 Å². The van der Waals surface area contributed by atoms with Crippen molar-refractivity contribution in [3.05, 3.63) is 35.2 Å². The molecule has 3 aliphatic heterocycles. The van der Waals surface area contributed by atoms with Gasteiger partial charge in [0.15, 0.2) is 0 Å². The highest BCUT2D eigenvalue weighted by Crippen LogP contribution is 2.60. The molecular weight excluding hydrogens is 391 g/mol. The molecule has 1 amide bonds. The van der Waals surface area contributed by atoms with Crippen molar-refractivity contribution >= 4 is 19.0 Å². The topological polar surface area (TPSA) is 146 Å². The van der Waals surface area contributed by atoms with Crippen LogP contribution in [0.5, 0.6) is 11.5 Å². The third-order valence-corrected chi connectivity index (χ3v) is 6.13. The van der Waals surface area contributed by atoms with E-state index in [4.69, 9.17) is 15.1 Å². The number of nitrogens with one attached hydrogen (secondary N) is 2. The van der Waals surface area contributed by atoms with Gasteiger partial charge < -0.3 is 40.8 Å². The molecule has 158 valence electrons. The van der Waals surface area contributed by atoms with E-state index in [0.717, 1.165) is 12.0 Å². The molecule has 4 aliphatic rings. The van der Waals surface area contributed by atoms with Crippen LogP contribution in [0.15, 0.2) is 24.0 Å². The van der Waals surface area contributed by atoms with Crippen LogP contribution >= 0.6 is 0 Å². The number of carbonyl (C=O) groups is 2. The number of hydrogen-bond acceptors (Lipinski definition) is 8. The van der Waals surface area contributed by atoms with Gasteiger partial charge in [-0.3, -0.25) is 4.79 Å². The first-order valence-electron chi connectivity index (χ1n) is 10.0. The van der Waals surface area contributed by atoms with Crippen molar-refractivity contribution in [3.8, 4) is 11.5 Å². The maximum absolute atomic E-state index is 12.6. The van der Waals surface area contributed by atoms with Gasteiger partial charge in [0.05, 0.1) is 25.0 Å². The summed E-state index contributed by atoms with van der Waals surface area (Å²) >= 11 is 0. The van der Waals surface area contributed by atoms with Crippen LogP contribution in [-0.2, 0) is 4.79 Å². The molecule has 0 bridgehead atoms. The number of benzene rings is 1. The maximum atomic E-state index is 12.6. The van der Waals surface area contributed by atoms with Crippen molar-refractivity contribution in [1.29, 1.82) is 0 Å². The predicted octanol–water partition coefficient (Wildman–Crippen LogP) is -0.588. The third-order valence-electron chi connectivity index (χ3n) is 6.13. The lowest BCUT2D eigenvalue weighted by Gasteiger charge is -2.40. The zero-order valence-corrected chi connectivity index (χ0v) is 16.4. The molecular formula is C19H23BN4O6. The van der Waals surface area contributed by atoms with E-state index in [2.05, 4.69) is 10.6 Å². The lowest BCUT2D eigenvalue weighted by Crippen LogP contribution is -2.60. The Morgan fingerprint density at radius 3 is 2.83 bits per heavy atom. The Labute approximate surface area is 173 Å². The highest BCUT2D eigenvalue weighted by atomic mass is 16.5. The fourth-order valence-corrected chi connectivity index (χ4v) is 4.33. The van der Waals surface area contributed by atoms with Gasteiger partial charge in [0.25, 0.3) is 0 Å². The van der Waals surface area contributed by atoms with Crippen LogP contribution in [-0.4, -0.2) is 65.4 Å². The number of carbonyl (C=O) groups excluding carboxylic acids is 1.